The van der Waals surface area contributed by atoms with E-state index < -0.39 is 0 Å². The fourth-order valence-electron chi connectivity index (χ4n) is 2.43. The van der Waals surface area contributed by atoms with E-state index in [2.05, 4.69) is 24.4 Å². The molecule has 1 saturated heterocycles. The zero-order valence-electron chi connectivity index (χ0n) is 12.4. The molecule has 2 rings (SSSR count). The van der Waals surface area contributed by atoms with Gasteiger partial charge in [-0.2, -0.15) is 0 Å². The van der Waals surface area contributed by atoms with Crippen molar-refractivity contribution in [3.05, 3.63) is 29.8 Å². The van der Waals surface area contributed by atoms with Gasteiger partial charge in [-0.05, 0) is 37.1 Å². The topological polar surface area (TPSA) is 39.7 Å². The summed E-state index contributed by atoms with van der Waals surface area (Å²) in [6.45, 7) is 5.38. The van der Waals surface area contributed by atoms with Crippen LogP contribution in [0.5, 0.6) is 5.75 Å². The van der Waals surface area contributed by atoms with Crippen molar-refractivity contribution in [3.63, 3.8) is 0 Å². The lowest BCUT2D eigenvalue weighted by Crippen LogP contribution is -2.30. The van der Waals surface area contributed by atoms with Crippen LogP contribution in [-0.4, -0.2) is 39.6 Å². The van der Waals surface area contributed by atoms with Crippen LogP contribution in [0.25, 0.3) is 0 Å². The smallest absolute Gasteiger partial charge is 0.118 e. The molecule has 1 aromatic carbocycles. The Hall–Kier alpha value is -1.10. The summed E-state index contributed by atoms with van der Waals surface area (Å²) in [5, 5.41) is 3.48. The number of hydrogen-bond donors (Lipinski definition) is 1. The molecule has 0 aromatic heterocycles. The van der Waals surface area contributed by atoms with Gasteiger partial charge in [0, 0.05) is 13.2 Å². The Bertz CT molecular complexity index is 374. The van der Waals surface area contributed by atoms with E-state index in [1.807, 2.05) is 12.1 Å². The van der Waals surface area contributed by atoms with Crippen molar-refractivity contribution in [2.75, 3.05) is 33.5 Å². The van der Waals surface area contributed by atoms with Gasteiger partial charge in [-0.15, -0.1) is 0 Å². The molecule has 0 spiro atoms. The maximum absolute atomic E-state index is 6.03. The second kappa shape index (κ2) is 8.25. The second-order valence-corrected chi connectivity index (χ2v) is 5.03. The van der Waals surface area contributed by atoms with Crippen molar-refractivity contribution < 1.29 is 14.2 Å². The van der Waals surface area contributed by atoms with Gasteiger partial charge in [0.1, 0.15) is 5.75 Å². The van der Waals surface area contributed by atoms with E-state index in [-0.39, 0.29) is 6.04 Å². The minimum Gasteiger partial charge on any atom is -0.497 e. The number of ether oxygens (including phenoxy) is 3. The molecule has 1 aliphatic heterocycles. The molecule has 20 heavy (non-hydrogen) atoms. The zero-order chi connectivity index (χ0) is 14.2. The first-order valence-corrected chi connectivity index (χ1v) is 7.40. The molecule has 1 fully saturated rings. The molecule has 1 atom stereocenters. The third-order valence-corrected chi connectivity index (χ3v) is 3.64. The molecule has 4 heteroatoms. The molecular formula is C16H25NO3. The average Bonchev–Trinajstić information content (AvgIpc) is 2.52. The van der Waals surface area contributed by atoms with Crippen molar-refractivity contribution in [2.24, 2.45) is 0 Å². The van der Waals surface area contributed by atoms with Gasteiger partial charge in [-0.25, -0.2) is 0 Å². The van der Waals surface area contributed by atoms with Crippen LogP contribution in [-0.2, 0) is 9.47 Å². The zero-order valence-corrected chi connectivity index (χ0v) is 12.4. The Morgan fingerprint density at radius 3 is 2.55 bits per heavy atom. The van der Waals surface area contributed by atoms with Gasteiger partial charge >= 0.3 is 0 Å². The Balaban J connectivity index is 1.90. The summed E-state index contributed by atoms with van der Waals surface area (Å²) in [6.07, 6.45) is 2.34. The van der Waals surface area contributed by atoms with Gasteiger partial charge in [0.15, 0.2) is 0 Å². The van der Waals surface area contributed by atoms with Crippen LogP contribution in [0.15, 0.2) is 24.3 Å². The molecule has 1 heterocycles. The molecule has 0 bridgehead atoms. The van der Waals surface area contributed by atoms with E-state index >= 15 is 0 Å². The van der Waals surface area contributed by atoms with E-state index in [0.717, 1.165) is 38.3 Å². The minimum absolute atomic E-state index is 0.230. The second-order valence-electron chi connectivity index (χ2n) is 5.03. The number of methoxy groups -OCH3 is 1. The fraction of sp³-hybridized carbons (Fsp3) is 0.625. The molecule has 1 N–H and O–H groups in total. The molecule has 0 aliphatic carbocycles. The number of hydrogen-bond acceptors (Lipinski definition) is 4. The average molecular weight is 279 g/mol. The monoisotopic (exact) mass is 279 g/mol. The molecule has 0 radical (unpaired) electrons. The highest BCUT2D eigenvalue weighted by molar-refractivity contribution is 5.29. The highest BCUT2D eigenvalue weighted by Gasteiger charge is 2.17. The van der Waals surface area contributed by atoms with Crippen LogP contribution in [0.2, 0.25) is 0 Å². The van der Waals surface area contributed by atoms with Gasteiger partial charge in [-0.3, -0.25) is 0 Å². The van der Waals surface area contributed by atoms with E-state index in [0.29, 0.717) is 12.7 Å². The fourth-order valence-corrected chi connectivity index (χ4v) is 2.43. The highest BCUT2D eigenvalue weighted by atomic mass is 16.5. The molecule has 0 amide bonds. The van der Waals surface area contributed by atoms with Crippen molar-refractivity contribution in [1.82, 2.24) is 5.32 Å². The van der Waals surface area contributed by atoms with E-state index in [1.54, 1.807) is 7.11 Å². The van der Waals surface area contributed by atoms with Crippen LogP contribution >= 0.6 is 0 Å². The Labute approximate surface area is 121 Å². The Kier molecular flexibility index (Phi) is 6.30. The normalized spacial score (nSPS) is 17.9. The summed E-state index contributed by atoms with van der Waals surface area (Å²) in [5.41, 5.74) is 1.24. The molecule has 4 nitrogen and oxygen atoms in total. The predicted octanol–water partition coefficient (Wildman–Crippen LogP) is 2.54. The summed E-state index contributed by atoms with van der Waals surface area (Å²) in [5.74, 6) is 0.884. The van der Waals surface area contributed by atoms with Gasteiger partial charge in [-0.1, -0.05) is 19.1 Å². The first-order valence-electron chi connectivity index (χ1n) is 7.40. The molecular weight excluding hydrogens is 254 g/mol. The standard InChI is InChI=1S/C16H25NO3/c1-3-17-16(12-20-15-8-10-19-11-9-15)13-4-6-14(18-2)7-5-13/h4-7,15-17H,3,8-12H2,1-2H3. The summed E-state index contributed by atoms with van der Waals surface area (Å²) in [7, 11) is 1.69. The largest absolute Gasteiger partial charge is 0.497 e. The first-order chi connectivity index (χ1) is 9.83. The maximum atomic E-state index is 6.03. The lowest BCUT2D eigenvalue weighted by Gasteiger charge is -2.26. The number of likely N-dealkylation sites (N-methyl/N-ethyl adjacent to an activating group) is 1. The third-order valence-electron chi connectivity index (χ3n) is 3.64. The third kappa shape index (κ3) is 4.47. The van der Waals surface area contributed by atoms with Crippen LogP contribution in [0, 0.1) is 0 Å². The van der Waals surface area contributed by atoms with E-state index in [9.17, 15) is 0 Å². The lowest BCUT2D eigenvalue weighted by molar-refractivity contribution is -0.0382. The maximum Gasteiger partial charge on any atom is 0.118 e. The van der Waals surface area contributed by atoms with E-state index in [1.165, 1.54) is 5.56 Å². The molecule has 1 aromatic rings. The number of benzene rings is 1. The minimum atomic E-state index is 0.230. The molecule has 112 valence electrons. The highest BCUT2D eigenvalue weighted by Crippen LogP contribution is 2.20. The quantitative estimate of drug-likeness (QED) is 0.832. The van der Waals surface area contributed by atoms with Gasteiger partial charge in [0.05, 0.1) is 25.9 Å². The summed E-state index contributed by atoms with van der Waals surface area (Å²) in [4.78, 5) is 0. The van der Waals surface area contributed by atoms with Gasteiger partial charge < -0.3 is 19.5 Å². The molecule has 1 unspecified atom stereocenters. The van der Waals surface area contributed by atoms with Crippen molar-refractivity contribution in [1.29, 1.82) is 0 Å². The van der Waals surface area contributed by atoms with E-state index in [4.69, 9.17) is 14.2 Å². The Morgan fingerprint density at radius 1 is 1.25 bits per heavy atom. The summed E-state index contributed by atoms with van der Waals surface area (Å²) >= 11 is 0. The molecule has 0 saturated carbocycles. The summed E-state index contributed by atoms with van der Waals surface area (Å²) in [6, 6.07) is 8.41. The SMILES string of the molecule is CCNC(COC1CCOCC1)c1ccc(OC)cc1. The lowest BCUT2D eigenvalue weighted by atomic mass is 10.1. The van der Waals surface area contributed by atoms with Gasteiger partial charge in [0.25, 0.3) is 0 Å². The van der Waals surface area contributed by atoms with Crippen LogP contribution in [0.1, 0.15) is 31.4 Å². The van der Waals surface area contributed by atoms with Crippen molar-refractivity contribution >= 4 is 0 Å². The summed E-state index contributed by atoms with van der Waals surface area (Å²) < 4.78 is 16.6. The van der Waals surface area contributed by atoms with Crippen LogP contribution in [0.4, 0.5) is 0 Å². The predicted molar refractivity (Wildman–Crippen MR) is 79.2 cm³/mol. The Morgan fingerprint density at radius 2 is 1.95 bits per heavy atom. The van der Waals surface area contributed by atoms with Crippen LogP contribution < -0.4 is 10.1 Å². The first kappa shape index (κ1) is 15.3. The van der Waals surface area contributed by atoms with Crippen molar-refractivity contribution in [3.8, 4) is 5.75 Å². The van der Waals surface area contributed by atoms with Gasteiger partial charge in [0.2, 0.25) is 0 Å². The number of rotatable bonds is 7. The number of nitrogens with one attached hydrogen (secondary N) is 1. The molecule has 1 aliphatic rings. The van der Waals surface area contributed by atoms with Crippen molar-refractivity contribution in [2.45, 2.75) is 31.9 Å². The van der Waals surface area contributed by atoms with Crippen LogP contribution in [0.3, 0.4) is 0 Å².